The lowest BCUT2D eigenvalue weighted by Gasteiger charge is -2.49. The van der Waals surface area contributed by atoms with Crippen LogP contribution >= 0.6 is 0 Å². The van der Waals surface area contributed by atoms with Gasteiger partial charge in [-0.25, -0.2) is 0 Å². The van der Waals surface area contributed by atoms with E-state index in [2.05, 4.69) is 6.58 Å². The molecular formula is C12H19NO. The van der Waals surface area contributed by atoms with Gasteiger partial charge in [0.05, 0.1) is 12.9 Å². The predicted molar refractivity (Wildman–Crippen MR) is 55.5 cm³/mol. The minimum atomic E-state index is 0.0342. The molecule has 0 radical (unpaired) electrons. The molecule has 14 heavy (non-hydrogen) atoms. The molecule has 0 saturated heterocycles. The summed E-state index contributed by atoms with van der Waals surface area (Å²) in [6.45, 7) is 4.01. The first kappa shape index (κ1) is 8.78. The third-order valence-electron chi connectivity index (χ3n) is 4.92. The molecule has 0 aromatic rings. The average molecular weight is 193 g/mol. The molecule has 0 aromatic heterocycles. The van der Waals surface area contributed by atoms with Crippen LogP contribution in [-0.4, -0.2) is 12.6 Å². The fraction of sp³-hybridized carbons (Fsp3) is 0.833. The minimum absolute atomic E-state index is 0.0342. The topological polar surface area (TPSA) is 35.2 Å². The van der Waals surface area contributed by atoms with Crippen LogP contribution in [0.2, 0.25) is 0 Å². The molecule has 5 unspecified atom stereocenters. The largest absolute Gasteiger partial charge is 0.501 e. The normalized spacial score (nSPS) is 53.9. The highest BCUT2D eigenvalue weighted by atomic mass is 16.5. The van der Waals surface area contributed by atoms with Gasteiger partial charge >= 0.3 is 0 Å². The van der Waals surface area contributed by atoms with Gasteiger partial charge in [0.15, 0.2) is 0 Å². The Bertz CT molecular complexity index is 288. The molecule has 4 aliphatic rings. The summed E-state index contributed by atoms with van der Waals surface area (Å²) < 4.78 is 5.30. The molecule has 4 fully saturated rings. The number of hydrogen-bond donors (Lipinski definition) is 1. The summed E-state index contributed by atoms with van der Waals surface area (Å²) in [5.41, 5.74) is 6.60. The van der Waals surface area contributed by atoms with E-state index in [0.717, 1.165) is 23.5 Å². The molecule has 78 valence electrons. The lowest BCUT2D eigenvalue weighted by Crippen LogP contribution is -2.57. The molecule has 2 bridgehead atoms. The third-order valence-corrected chi connectivity index (χ3v) is 4.92. The van der Waals surface area contributed by atoms with Crippen molar-refractivity contribution in [2.45, 2.75) is 31.2 Å². The predicted octanol–water partition coefficient (Wildman–Crippen LogP) is 1.91. The standard InChI is InChI=1S/C12H19NO/c1-7(14-2)10-5-8-3-4-12(10,13)11-6-9(8)11/h8-11H,1,3-6,13H2,2H3. The Labute approximate surface area is 85.5 Å². The first-order valence-corrected chi connectivity index (χ1v) is 5.68. The van der Waals surface area contributed by atoms with Gasteiger partial charge in [-0.1, -0.05) is 6.58 Å². The molecule has 0 aromatic carbocycles. The van der Waals surface area contributed by atoms with E-state index in [0.29, 0.717) is 5.92 Å². The second-order valence-electron chi connectivity index (χ2n) is 5.38. The molecule has 4 rings (SSSR count). The van der Waals surface area contributed by atoms with Crippen molar-refractivity contribution in [1.82, 2.24) is 0 Å². The van der Waals surface area contributed by atoms with Crippen molar-refractivity contribution in [3.63, 3.8) is 0 Å². The molecule has 0 aliphatic heterocycles. The van der Waals surface area contributed by atoms with Crippen molar-refractivity contribution in [1.29, 1.82) is 0 Å². The first-order chi connectivity index (χ1) is 6.66. The van der Waals surface area contributed by atoms with Crippen LogP contribution in [0.25, 0.3) is 0 Å². The second-order valence-corrected chi connectivity index (χ2v) is 5.38. The zero-order chi connectivity index (χ0) is 9.92. The summed E-state index contributed by atoms with van der Waals surface area (Å²) in [5, 5.41) is 0. The highest BCUT2D eigenvalue weighted by Gasteiger charge is 2.64. The maximum absolute atomic E-state index is 6.56. The highest BCUT2D eigenvalue weighted by Crippen LogP contribution is 2.66. The quantitative estimate of drug-likeness (QED) is 0.680. The van der Waals surface area contributed by atoms with Crippen LogP contribution in [0.15, 0.2) is 12.3 Å². The minimum Gasteiger partial charge on any atom is -0.501 e. The van der Waals surface area contributed by atoms with Gasteiger partial charge in [0.1, 0.15) is 0 Å². The van der Waals surface area contributed by atoms with Crippen LogP contribution in [0.5, 0.6) is 0 Å². The van der Waals surface area contributed by atoms with E-state index in [-0.39, 0.29) is 5.54 Å². The van der Waals surface area contributed by atoms with Crippen molar-refractivity contribution >= 4 is 0 Å². The second kappa shape index (κ2) is 2.54. The number of fused-ring (bicyclic) bond motifs is 2. The summed E-state index contributed by atoms with van der Waals surface area (Å²) in [5.74, 6) is 4.00. The summed E-state index contributed by atoms with van der Waals surface area (Å²) in [7, 11) is 1.72. The summed E-state index contributed by atoms with van der Waals surface area (Å²) in [6.07, 6.45) is 5.12. The summed E-state index contributed by atoms with van der Waals surface area (Å²) in [4.78, 5) is 0. The van der Waals surface area contributed by atoms with Crippen molar-refractivity contribution < 1.29 is 4.74 Å². The Kier molecular flexibility index (Phi) is 1.59. The van der Waals surface area contributed by atoms with Crippen LogP contribution in [0.4, 0.5) is 0 Å². The van der Waals surface area contributed by atoms with Gasteiger partial charge in [-0.2, -0.15) is 0 Å². The number of rotatable bonds is 2. The van der Waals surface area contributed by atoms with Gasteiger partial charge in [0.2, 0.25) is 0 Å². The Balaban J connectivity index is 1.91. The molecule has 5 atom stereocenters. The van der Waals surface area contributed by atoms with Gasteiger partial charge in [0.25, 0.3) is 0 Å². The Morgan fingerprint density at radius 1 is 1.50 bits per heavy atom. The highest BCUT2D eigenvalue weighted by molar-refractivity contribution is 5.22. The zero-order valence-electron chi connectivity index (χ0n) is 8.83. The van der Waals surface area contributed by atoms with Gasteiger partial charge in [-0.3, -0.25) is 0 Å². The number of hydrogen-bond acceptors (Lipinski definition) is 2. The molecule has 0 heterocycles. The smallest absolute Gasteiger partial charge is 0.0933 e. The van der Waals surface area contributed by atoms with E-state index in [1.807, 2.05) is 0 Å². The maximum Gasteiger partial charge on any atom is 0.0933 e. The Morgan fingerprint density at radius 2 is 2.29 bits per heavy atom. The molecule has 0 spiro atoms. The van der Waals surface area contributed by atoms with Crippen molar-refractivity contribution in [3.8, 4) is 0 Å². The average Bonchev–Trinajstić information content (AvgIpc) is 2.98. The van der Waals surface area contributed by atoms with E-state index >= 15 is 0 Å². The molecule has 2 nitrogen and oxygen atoms in total. The van der Waals surface area contributed by atoms with Crippen molar-refractivity contribution in [2.24, 2.45) is 29.4 Å². The van der Waals surface area contributed by atoms with Gasteiger partial charge in [-0.05, 0) is 43.4 Å². The number of ether oxygens (including phenoxy) is 1. The fourth-order valence-corrected chi connectivity index (χ4v) is 4.01. The molecule has 4 aliphatic carbocycles. The molecule has 4 saturated carbocycles. The Morgan fingerprint density at radius 3 is 3.00 bits per heavy atom. The van der Waals surface area contributed by atoms with Crippen LogP contribution in [0, 0.1) is 23.7 Å². The summed E-state index contributed by atoms with van der Waals surface area (Å²) in [6, 6.07) is 0. The van der Waals surface area contributed by atoms with Gasteiger partial charge < -0.3 is 10.5 Å². The number of nitrogens with two attached hydrogens (primary N) is 1. The number of methoxy groups -OCH3 is 1. The van der Waals surface area contributed by atoms with E-state index < -0.39 is 0 Å². The maximum atomic E-state index is 6.56. The molecular weight excluding hydrogens is 174 g/mol. The monoisotopic (exact) mass is 193 g/mol. The molecule has 2 heteroatoms. The van der Waals surface area contributed by atoms with Gasteiger partial charge in [-0.15, -0.1) is 0 Å². The Hall–Kier alpha value is -0.500. The first-order valence-electron chi connectivity index (χ1n) is 5.68. The summed E-state index contributed by atoms with van der Waals surface area (Å²) >= 11 is 0. The van der Waals surface area contributed by atoms with Crippen molar-refractivity contribution in [3.05, 3.63) is 12.3 Å². The molecule has 0 amide bonds. The molecule has 2 N–H and O–H groups in total. The van der Waals surface area contributed by atoms with E-state index in [1.54, 1.807) is 7.11 Å². The van der Waals surface area contributed by atoms with Crippen LogP contribution in [-0.2, 0) is 4.74 Å². The van der Waals surface area contributed by atoms with Crippen molar-refractivity contribution in [2.75, 3.05) is 7.11 Å². The van der Waals surface area contributed by atoms with E-state index in [4.69, 9.17) is 10.5 Å². The SMILES string of the molecule is C=C(OC)C1CC2CCC1(N)C1CC21. The van der Waals surface area contributed by atoms with E-state index in [9.17, 15) is 0 Å². The fourth-order valence-electron chi connectivity index (χ4n) is 4.01. The van der Waals surface area contributed by atoms with Crippen LogP contribution in [0.3, 0.4) is 0 Å². The van der Waals surface area contributed by atoms with Crippen LogP contribution < -0.4 is 5.73 Å². The van der Waals surface area contributed by atoms with E-state index in [1.165, 1.54) is 25.7 Å². The van der Waals surface area contributed by atoms with Gasteiger partial charge in [0, 0.05) is 11.5 Å². The third kappa shape index (κ3) is 0.902. The lowest BCUT2D eigenvalue weighted by atomic mass is 9.60. The lowest BCUT2D eigenvalue weighted by molar-refractivity contribution is 0.0442. The zero-order valence-corrected chi connectivity index (χ0v) is 8.83. The van der Waals surface area contributed by atoms with Crippen LogP contribution in [0.1, 0.15) is 25.7 Å².